The van der Waals surface area contributed by atoms with Crippen LogP contribution >= 0.6 is 0 Å². The minimum absolute atomic E-state index is 0.235. The van der Waals surface area contributed by atoms with Crippen LogP contribution in [-0.4, -0.2) is 24.0 Å². The number of nitrogens with one attached hydrogen (secondary N) is 2. The Hall–Kier alpha value is -1.78. The summed E-state index contributed by atoms with van der Waals surface area (Å²) in [7, 11) is 1.25. The van der Waals surface area contributed by atoms with Crippen molar-refractivity contribution in [3.05, 3.63) is 24.0 Å². The molecule has 0 aromatic carbocycles. The topological polar surface area (TPSA) is 71.2 Å². The molecule has 1 amide bonds. The van der Waals surface area contributed by atoms with Crippen molar-refractivity contribution in [2.24, 2.45) is 0 Å². The molecule has 1 rings (SSSR count). The highest BCUT2D eigenvalue weighted by molar-refractivity contribution is 5.94. The Balaban J connectivity index is 2.25. The normalized spacial score (nSPS) is 9.50. The molecule has 1 aromatic heterocycles. The molecule has 0 saturated carbocycles. The van der Waals surface area contributed by atoms with Gasteiger partial charge in [-0.05, 0) is 11.6 Å². The Labute approximate surface area is 81.5 Å². The summed E-state index contributed by atoms with van der Waals surface area (Å²) < 4.78 is 4.35. The quantitative estimate of drug-likeness (QED) is 0.533. The molecule has 0 aliphatic heterocycles. The van der Waals surface area contributed by atoms with E-state index in [9.17, 15) is 9.59 Å². The van der Waals surface area contributed by atoms with E-state index in [2.05, 4.69) is 15.0 Å². The van der Waals surface area contributed by atoms with Crippen LogP contribution in [0.1, 0.15) is 12.0 Å². The molecule has 14 heavy (non-hydrogen) atoms. The van der Waals surface area contributed by atoms with Gasteiger partial charge in [-0.2, -0.15) is 0 Å². The maximum atomic E-state index is 11.1. The Kier molecular flexibility index (Phi) is 3.72. The van der Waals surface area contributed by atoms with Crippen LogP contribution in [0, 0.1) is 0 Å². The summed E-state index contributed by atoms with van der Waals surface area (Å²) in [6.07, 6.45) is 3.31. The zero-order chi connectivity index (χ0) is 10.4. The van der Waals surface area contributed by atoms with E-state index in [4.69, 9.17) is 0 Å². The molecule has 0 atom stereocenters. The van der Waals surface area contributed by atoms with Crippen molar-refractivity contribution in [3.8, 4) is 0 Å². The number of H-pyrrole nitrogens is 1. The zero-order valence-electron chi connectivity index (χ0n) is 7.87. The molecule has 0 unspecified atom stereocenters. The molecule has 0 aliphatic carbocycles. The van der Waals surface area contributed by atoms with Crippen molar-refractivity contribution in [3.63, 3.8) is 0 Å². The van der Waals surface area contributed by atoms with Gasteiger partial charge in [0.05, 0.1) is 7.11 Å². The summed E-state index contributed by atoms with van der Waals surface area (Å²) in [5, 5.41) is 2.59. The first-order valence-corrected chi connectivity index (χ1v) is 4.17. The average molecular weight is 196 g/mol. The Morgan fingerprint density at radius 2 is 2.36 bits per heavy atom. The van der Waals surface area contributed by atoms with Gasteiger partial charge in [0, 0.05) is 18.9 Å². The SMILES string of the molecule is COC(=O)CC(=O)NCc1cc[nH]c1. The van der Waals surface area contributed by atoms with Gasteiger partial charge in [0.25, 0.3) is 0 Å². The Morgan fingerprint density at radius 1 is 1.57 bits per heavy atom. The van der Waals surface area contributed by atoms with Crippen LogP contribution in [-0.2, 0) is 20.9 Å². The predicted octanol–water partition coefficient (Wildman–Crippen LogP) is 0.194. The van der Waals surface area contributed by atoms with E-state index in [1.54, 1.807) is 12.4 Å². The summed E-state index contributed by atoms with van der Waals surface area (Å²) in [5.74, 6) is -0.866. The van der Waals surface area contributed by atoms with Gasteiger partial charge in [0.15, 0.2) is 0 Å². The molecular weight excluding hydrogens is 184 g/mol. The first-order chi connectivity index (χ1) is 6.72. The zero-order valence-corrected chi connectivity index (χ0v) is 7.87. The van der Waals surface area contributed by atoms with E-state index in [0.717, 1.165) is 5.56 Å². The maximum absolute atomic E-state index is 11.1. The second kappa shape index (κ2) is 5.06. The molecule has 0 saturated heterocycles. The highest BCUT2D eigenvalue weighted by atomic mass is 16.5. The number of methoxy groups -OCH3 is 1. The van der Waals surface area contributed by atoms with Gasteiger partial charge in [-0.15, -0.1) is 0 Å². The van der Waals surface area contributed by atoms with Crippen molar-refractivity contribution in [1.82, 2.24) is 10.3 Å². The molecule has 0 radical (unpaired) electrons. The molecule has 5 heteroatoms. The summed E-state index contributed by atoms with van der Waals surface area (Å²) in [6, 6.07) is 1.85. The molecule has 1 aromatic rings. The van der Waals surface area contributed by atoms with Gasteiger partial charge in [-0.25, -0.2) is 0 Å². The van der Waals surface area contributed by atoms with Gasteiger partial charge < -0.3 is 15.0 Å². The van der Waals surface area contributed by atoms with Gasteiger partial charge in [-0.3, -0.25) is 9.59 Å². The van der Waals surface area contributed by atoms with E-state index in [1.165, 1.54) is 7.11 Å². The van der Waals surface area contributed by atoms with E-state index in [-0.39, 0.29) is 12.3 Å². The molecule has 1 heterocycles. The molecule has 0 spiro atoms. The first-order valence-electron chi connectivity index (χ1n) is 4.17. The van der Waals surface area contributed by atoms with E-state index < -0.39 is 5.97 Å². The number of hydrogen-bond acceptors (Lipinski definition) is 3. The van der Waals surface area contributed by atoms with Gasteiger partial charge in [0.1, 0.15) is 6.42 Å². The molecule has 0 bridgehead atoms. The third-order valence-corrected chi connectivity index (χ3v) is 1.68. The van der Waals surface area contributed by atoms with E-state index >= 15 is 0 Å². The predicted molar refractivity (Wildman–Crippen MR) is 49.3 cm³/mol. The number of hydrogen-bond donors (Lipinski definition) is 2. The lowest BCUT2D eigenvalue weighted by atomic mass is 10.3. The minimum Gasteiger partial charge on any atom is -0.469 e. The smallest absolute Gasteiger partial charge is 0.315 e. The monoisotopic (exact) mass is 196 g/mol. The maximum Gasteiger partial charge on any atom is 0.315 e. The van der Waals surface area contributed by atoms with Gasteiger partial charge >= 0.3 is 5.97 Å². The first kappa shape index (κ1) is 10.3. The largest absolute Gasteiger partial charge is 0.469 e. The number of esters is 1. The molecule has 5 nitrogen and oxygen atoms in total. The number of aromatic amines is 1. The summed E-state index contributed by atoms with van der Waals surface area (Å²) >= 11 is 0. The molecular formula is C9H12N2O3. The number of carbonyl (C=O) groups excluding carboxylic acids is 2. The van der Waals surface area contributed by atoms with Crippen molar-refractivity contribution in [2.45, 2.75) is 13.0 Å². The lowest BCUT2D eigenvalue weighted by Crippen LogP contribution is -2.25. The fourth-order valence-electron chi connectivity index (χ4n) is 0.935. The summed E-state index contributed by atoms with van der Waals surface area (Å²) in [5.41, 5.74) is 0.961. The van der Waals surface area contributed by atoms with E-state index in [1.807, 2.05) is 6.07 Å². The number of rotatable bonds is 4. The lowest BCUT2D eigenvalue weighted by molar-refractivity contribution is -0.143. The second-order valence-corrected chi connectivity index (χ2v) is 2.75. The molecule has 0 aliphatic rings. The molecule has 76 valence electrons. The number of amides is 1. The van der Waals surface area contributed by atoms with Crippen molar-refractivity contribution >= 4 is 11.9 Å². The number of carbonyl (C=O) groups is 2. The van der Waals surface area contributed by atoms with Crippen LogP contribution in [0.25, 0.3) is 0 Å². The second-order valence-electron chi connectivity index (χ2n) is 2.75. The van der Waals surface area contributed by atoms with Crippen LogP contribution < -0.4 is 5.32 Å². The highest BCUT2D eigenvalue weighted by Crippen LogP contribution is 1.95. The van der Waals surface area contributed by atoms with Crippen LogP contribution in [0.15, 0.2) is 18.5 Å². The lowest BCUT2D eigenvalue weighted by Gasteiger charge is -2.01. The summed E-state index contributed by atoms with van der Waals surface area (Å²) in [6.45, 7) is 0.416. The summed E-state index contributed by atoms with van der Waals surface area (Å²) in [4.78, 5) is 24.6. The highest BCUT2D eigenvalue weighted by Gasteiger charge is 2.08. The van der Waals surface area contributed by atoms with Crippen molar-refractivity contribution < 1.29 is 14.3 Å². The van der Waals surface area contributed by atoms with Crippen molar-refractivity contribution in [2.75, 3.05) is 7.11 Å². The van der Waals surface area contributed by atoms with Gasteiger partial charge in [-0.1, -0.05) is 0 Å². The van der Waals surface area contributed by atoms with Crippen LogP contribution in [0.4, 0.5) is 0 Å². The van der Waals surface area contributed by atoms with Crippen LogP contribution in [0.2, 0.25) is 0 Å². The van der Waals surface area contributed by atoms with Crippen LogP contribution in [0.5, 0.6) is 0 Å². The van der Waals surface area contributed by atoms with E-state index in [0.29, 0.717) is 6.54 Å². The average Bonchev–Trinajstić information content (AvgIpc) is 2.67. The van der Waals surface area contributed by atoms with Gasteiger partial charge in [0.2, 0.25) is 5.91 Å². The minimum atomic E-state index is -0.531. The molecule has 2 N–H and O–H groups in total. The Morgan fingerprint density at radius 3 is 2.93 bits per heavy atom. The van der Waals surface area contributed by atoms with Crippen LogP contribution in [0.3, 0.4) is 0 Å². The Bertz CT molecular complexity index is 306. The number of aromatic nitrogens is 1. The van der Waals surface area contributed by atoms with Crippen molar-refractivity contribution in [1.29, 1.82) is 0 Å². The molecule has 0 fully saturated rings. The third-order valence-electron chi connectivity index (χ3n) is 1.68. The standard InChI is InChI=1S/C9H12N2O3/c1-14-9(13)4-8(12)11-6-7-2-3-10-5-7/h2-3,5,10H,4,6H2,1H3,(H,11,12). The fourth-order valence-corrected chi connectivity index (χ4v) is 0.935. The third kappa shape index (κ3) is 3.30. The fraction of sp³-hybridized carbons (Fsp3) is 0.333. The number of ether oxygens (including phenoxy) is 1.